The highest BCUT2D eigenvalue weighted by molar-refractivity contribution is 6.13. The third-order valence-corrected chi connectivity index (χ3v) is 7.26. The van der Waals surface area contributed by atoms with Crippen LogP contribution in [-0.2, 0) is 17.5 Å². The molecular weight excluding hydrogens is 534 g/mol. The first-order valence-corrected chi connectivity index (χ1v) is 12.9. The number of anilines is 2. The van der Waals surface area contributed by atoms with Crippen molar-refractivity contribution in [2.24, 2.45) is 10.4 Å². The molecule has 1 aromatic carbocycles. The van der Waals surface area contributed by atoms with Crippen molar-refractivity contribution in [3.05, 3.63) is 71.1 Å². The highest BCUT2D eigenvalue weighted by Crippen LogP contribution is 2.34. The molecule has 4 rings (SSSR count). The lowest BCUT2D eigenvalue weighted by molar-refractivity contribution is -0.137. The van der Waals surface area contributed by atoms with Crippen LogP contribution in [0.1, 0.15) is 57.5 Å². The number of alkyl halides is 6. The molecule has 3 heterocycles. The van der Waals surface area contributed by atoms with Crippen LogP contribution in [0.15, 0.2) is 59.1 Å². The van der Waals surface area contributed by atoms with E-state index in [4.69, 9.17) is 4.74 Å². The van der Waals surface area contributed by atoms with Crippen LogP contribution in [0.4, 0.5) is 37.7 Å². The molecule has 3 aromatic rings. The summed E-state index contributed by atoms with van der Waals surface area (Å²) in [5.41, 5.74) is -0.480. The summed E-state index contributed by atoms with van der Waals surface area (Å²) in [6.07, 6.45) is -7.02. The van der Waals surface area contributed by atoms with Crippen molar-refractivity contribution in [2.45, 2.75) is 65.6 Å². The Bertz CT molecular complexity index is 1430. The Balaban J connectivity index is 1.74. The molecule has 40 heavy (non-hydrogen) atoms. The summed E-state index contributed by atoms with van der Waals surface area (Å²) < 4.78 is 86.2. The summed E-state index contributed by atoms with van der Waals surface area (Å²) in [5, 5.41) is 3.58. The second kappa shape index (κ2) is 11.2. The van der Waals surface area contributed by atoms with Crippen LogP contribution in [-0.4, -0.2) is 34.5 Å². The number of aromatic nitrogens is 2. The van der Waals surface area contributed by atoms with E-state index in [9.17, 15) is 26.3 Å². The van der Waals surface area contributed by atoms with Crippen molar-refractivity contribution in [1.82, 2.24) is 9.97 Å². The quantitative estimate of drug-likeness (QED) is 0.279. The van der Waals surface area contributed by atoms with E-state index in [-0.39, 0.29) is 48.1 Å². The first-order valence-electron chi connectivity index (χ1n) is 12.9. The Morgan fingerprint density at radius 2 is 1.65 bits per heavy atom. The van der Waals surface area contributed by atoms with Crippen molar-refractivity contribution in [2.75, 3.05) is 11.9 Å². The van der Waals surface area contributed by atoms with Crippen molar-refractivity contribution in [3.8, 4) is 0 Å². The predicted molar refractivity (Wildman–Crippen MR) is 143 cm³/mol. The topological polar surface area (TPSA) is 59.4 Å². The van der Waals surface area contributed by atoms with Gasteiger partial charge < -0.3 is 10.1 Å². The lowest BCUT2D eigenvalue weighted by atomic mass is 9.85. The normalized spacial score (nSPS) is 15.6. The number of rotatable bonds is 8. The maximum atomic E-state index is 13.7. The zero-order valence-electron chi connectivity index (χ0n) is 22.5. The summed E-state index contributed by atoms with van der Waals surface area (Å²) >= 11 is 0. The second-order valence-electron chi connectivity index (χ2n) is 10.4. The van der Waals surface area contributed by atoms with Crippen molar-refractivity contribution in [3.63, 3.8) is 0 Å². The standard InChI is InChI=1S/C29H30F6N4O/c1-5-27(3,4)17(2)40-16-20-15-24(37-19-10-8-18(9-11-19)28(30,31)32)21-12-13-23(39-26(21)38-20)25-22(29(33,34)35)7-6-14-36-25/h7-13,15,17H,5-6,14,16H2,1-4H3,(H,37,38,39). The van der Waals surface area contributed by atoms with Gasteiger partial charge in [-0.05, 0) is 67.6 Å². The van der Waals surface area contributed by atoms with Crippen molar-refractivity contribution in [1.29, 1.82) is 0 Å². The molecule has 5 nitrogen and oxygen atoms in total. The minimum absolute atomic E-state index is 0.0299. The Kier molecular flexibility index (Phi) is 8.26. The van der Waals surface area contributed by atoms with Crippen molar-refractivity contribution >= 4 is 28.1 Å². The van der Waals surface area contributed by atoms with Crippen LogP contribution < -0.4 is 5.32 Å². The maximum Gasteiger partial charge on any atom is 0.418 e. The Morgan fingerprint density at radius 1 is 0.950 bits per heavy atom. The number of hydrogen-bond acceptors (Lipinski definition) is 5. The molecule has 0 bridgehead atoms. The van der Waals surface area contributed by atoms with E-state index in [2.05, 4.69) is 41.0 Å². The van der Waals surface area contributed by atoms with E-state index in [0.29, 0.717) is 22.5 Å². The Hall–Kier alpha value is -3.47. The van der Waals surface area contributed by atoms with E-state index in [1.165, 1.54) is 18.2 Å². The predicted octanol–water partition coefficient (Wildman–Crippen LogP) is 8.42. The minimum Gasteiger partial charge on any atom is -0.372 e. The van der Waals surface area contributed by atoms with Gasteiger partial charge in [-0.3, -0.25) is 4.99 Å². The summed E-state index contributed by atoms with van der Waals surface area (Å²) in [6.45, 7) is 8.48. The molecule has 0 radical (unpaired) electrons. The number of dihydropyridines is 1. The first-order chi connectivity index (χ1) is 18.7. The lowest BCUT2D eigenvalue weighted by Gasteiger charge is -2.30. The van der Waals surface area contributed by atoms with Gasteiger partial charge in [-0.15, -0.1) is 0 Å². The van der Waals surface area contributed by atoms with E-state index in [1.54, 1.807) is 12.1 Å². The maximum absolute atomic E-state index is 13.7. The molecule has 11 heteroatoms. The van der Waals surface area contributed by atoms with Gasteiger partial charge in [-0.25, -0.2) is 9.97 Å². The van der Waals surface area contributed by atoms with Gasteiger partial charge in [0.1, 0.15) is 0 Å². The fourth-order valence-corrected chi connectivity index (χ4v) is 4.12. The van der Waals surface area contributed by atoms with Crippen LogP contribution in [0.5, 0.6) is 0 Å². The average Bonchev–Trinajstić information content (AvgIpc) is 2.90. The molecule has 0 amide bonds. The lowest BCUT2D eigenvalue weighted by Crippen LogP contribution is -2.28. The molecule has 1 aliphatic rings. The molecule has 0 spiro atoms. The highest BCUT2D eigenvalue weighted by Gasteiger charge is 2.38. The van der Waals surface area contributed by atoms with E-state index in [0.717, 1.165) is 24.6 Å². The first kappa shape index (κ1) is 29.5. The van der Waals surface area contributed by atoms with Crippen LogP contribution in [0, 0.1) is 5.41 Å². The number of aliphatic imine (C=N–C) groups is 1. The SMILES string of the molecule is CCC(C)(C)C(C)OCc1cc(Nc2ccc(C(F)(F)F)cc2)c2ccc(C3=NCCC=C3C(F)(F)F)nc2n1. The number of pyridine rings is 2. The summed E-state index contributed by atoms with van der Waals surface area (Å²) in [4.78, 5) is 13.1. The number of ether oxygens (including phenoxy) is 1. The molecule has 0 aliphatic carbocycles. The van der Waals surface area contributed by atoms with E-state index >= 15 is 0 Å². The van der Waals surface area contributed by atoms with Gasteiger partial charge in [0.2, 0.25) is 0 Å². The van der Waals surface area contributed by atoms with Gasteiger partial charge in [-0.2, -0.15) is 26.3 Å². The molecule has 214 valence electrons. The number of hydrogen-bond donors (Lipinski definition) is 1. The number of allylic oxidation sites excluding steroid dienone is 1. The molecular formula is C29H30F6N4O. The molecule has 1 aliphatic heterocycles. The monoisotopic (exact) mass is 564 g/mol. The van der Waals surface area contributed by atoms with Crippen molar-refractivity contribution < 1.29 is 31.1 Å². The Labute approximate surface area is 228 Å². The molecule has 1 N–H and O–H groups in total. The van der Waals surface area contributed by atoms with Crippen LogP contribution in [0.25, 0.3) is 11.0 Å². The largest absolute Gasteiger partial charge is 0.418 e. The Morgan fingerprint density at radius 3 is 2.27 bits per heavy atom. The van der Waals surface area contributed by atoms with Crippen LogP contribution >= 0.6 is 0 Å². The van der Waals surface area contributed by atoms with Gasteiger partial charge in [-0.1, -0.05) is 26.8 Å². The second-order valence-corrected chi connectivity index (χ2v) is 10.4. The van der Waals surface area contributed by atoms with Gasteiger partial charge in [0, 0.05) is 17.6 Å². The molecule has 0 saturated heterocycles. The summed E-state index contributed by atoms with van der Waals surface area (Å²) in [7, 11) is 0. The smallest absolute Gasteiger partial charge is 0.372 e. The zero-order valence-corrected chi connectivity index (χ0v) is 22.5. The van der Waals surface area contributed by atoms with E-state index in [1.807, 2.05) is 6.92 Å². The zero-order chi connectivity index (χ0) is 29.3. The van der Waals surface area contributed by atoms with Crippen LogP contribution in [0.2, 0.25) is 0 Å². The number of nitrogens with one attached hydrogen (secondary N) is 1. The summed E-state index contributed by atoms with van der Waals surface area (Å²) in [6, 6.07) is 9.25. The van der Waals surface area contributed by atoms with Gasteiger partial charge in [0.15, 0.2) is 5.65 Å². The molecule has 0 fully saturated rings. The minimum atomic E-state index is -4.59. The average molecular weight is 565 g/mol. The van der Waals surface area contributed by atoms with Crippen LogP contribution in [0.3, 0.4) is 0 Å². The summed E-state index contributed by atoms with van der Waals surface area (Å²) in [5.74, 6) is 0. The number of benzene rings is 1. The van der Waals surface area contributed by atoms with E-state index < -0.39 is 23.5 Å². The fourth-order valence-electron chi connectivity index (χ4n) is 4.12. The molecule has 0 saturated carbocycles. The number of fused-ring (bicyclic) bond motifs is 1. The third-order valence-electron chi connectivity index (χ3n) is 7.26. The fraction of sp³-hybridized carbons (Fsp3) is 0.414. The number of halogens is 6. The third kappa shape index (κ3) is 6.63. The van der Waals surface area contributed by atoms with Gasteiger partial charge >= 0.3 is 12.4 Å². The molecule has 1 unspecified atom stereocenters. The molecule has 1 atom stereocenters. The molecule has 2 aromatic heterocycles. The number of nitrogens with zero attached hydrogens (tertiary/aromatic N) is 3. The van der Waals surface area contributed by atoms with Gasteiger partial charge in [0.05, 0.1) is 46.6 Å². The van der Waals surface area contributed by atoms with Gasteiger partial charge in [0.25, 0.3) is 0 Å². The highest BCUT2D eigenvalue weighted by atomic mass is 19.4.